The number of nitrogens with zero attached hydrogens (tertiary/aromatic N) is 4. The van der Waals surface area contributed by atoms with Crippen LogP contribution in [0.15, 0.2) is 29.3 Å². The third-order valence-electron chi connectivity index (χ3n) is 7.84. The summed E-state index contributed by atoms with van der Waals surface area (Å²) in [5, 5.41) is 18.7. The van der Waals surface area contributed by atoms with Gasteiger partial charge in [0, 0.05) is 42.6 Å². The van der Waals surface area contributed by atoms with Gasteiger partial charge in [0.2, 0.25) is 5.91 Å². The van der Waals surface area contributed by atoms with Gasteiger partial charge in [-0.1, -0.05) is 24.5 Å². The van der Waals surface area contributed by atoms with Gasteiger partial charge in [0.15, 0.2) is 0 Å². The van der Waals surface area contributed by atoms with Crippen molar-refractivity contribution in [1.82, 2.24) is 15.5 Å². The number of carbonyl (C=O) groups is 2. The number of phosphoric acid groups is 6. The van der Waals surface area contributed by atoms with Crippen LogP contribution in [0.25, 0.3) is 10.4 Å². The Morgan fingerprint density at radius 3 is 1.79 bits per heavy atom. The fourth-order valence-corrected chi connectivity index (χ4v) is 12.9. The minimum absolute atomic E-state index is 0.0579. The molecular formula is C28H54N6O27P6. The summed E-state index contributed by atoms with van der Waals surface area (Å²) in [6, 6.07) is 0. The number of azide groups is 1. The van der Waals surface area contributed by atoms with Crippen molar-refractivity contribution in [3.8, 4) is 0 Å². The van der Waals surface area contributed by atoms with Crippen molar-refractivity contribution in [3.63, 3.8) is 0 Å². The Hall–Kier alpha value is -1.85. The van der Waals surface area contributed by atoms with E-state index in [1.165, 1.54) is 18.0 Å². The number of amides is 2. The summed E-state index contributed by atoms with van der Waals surface area (Å²) in [5.74, 6) is -0.676. The van der Waals surface area contributed by atoms with Crippen LogP contribution in [0, 0.1) is 0 Å². The van der Waals surface area contributed by atoms with E-state index in [1.807, 2.05) is 0 Å². The van der Waals surface area contributed by atoms with E-state index in [-0.39, 0.29) is 69.5 Å². The number of hydrogen-bond donors (Lipinski definition) is 9. The molecule has 67 heavy (non-hydrogen) atoms. The average molecular weight is 1090 g/mol. The highest BCUT2D eigenvalue weighted by molar-refractivity contribution is 7.72. The number of aliphatic hydroxyl groups is 1. The maximum absolute atomic E-state index is 12.3. The normalized spacial score (nSPS) is 23.0. The zero-order valence-electron chi connectivity index (χ0n) is 35.5. The number of hydrogen-bond acceptors (Lipinski definition) is 23. The maximum atomic E-state index is 12.3. The molecule has 0 aliphatic carbocycles. The van der Waals surface area contributed by atoms with Crippen LogP contribution in [0.2, 0.25) is 0 Å². The fraction of sp³-hybridized carbons (Fsp3) is 0.786. The van der Waals surface area contributed by atoms with E-state index in [4.69, 9.17) is 29.2 Å². The summed E-state index contributed by atoms with van der Waals surface area (Å²) in [4.78, 5) is 86.2. The molecule has 2 amide bonds. The molecule has 39 heteroatoms. The second kappa shape index (κ2) is 29.5. The first-order chi connectivity index (χ1) is 31.2. The summed E-state index contributed by atoms with van der Waals surface area (Å²) < 4.78 is 127. The molecule has 9 atom stereocenters. The first-order valence-corrected chi connectivity index (χ1v) is 28.3. The molecule has 2 aliphatic rings. The molecule has 0 spiro atoms. The Bertz CT molecular complexity index is 2010. The standard InChI is InChI=1S/C28H54N6O27P6/c1-22-20-34(23(2)32-28(22)37)27-19-24(35)25(56-27)21-55-63(40,41)58-65(44,45)60-67(48,49)61-66(46,47)59-64(42,43)57-62(38,39)54-10-6-4-3-5-8-30-26(36)7-11-50-13-15-52-17-18-53-16-14-51-12-9-31-33-29/h20,24-25,27,35H,2-19,21H2,1H3,(H,30,36)(H,32,37)(H,38,39)(H,40,41)(H,42,43)(H,44,45)(H,46,47)(H,48,49)/t24-,25-,27-/m1/s1. The van der Waals surface area contributed by atoms with Crippen molar-refractivity contribution in [3.05, 3.63) is 34.6 Å². The van der Waals surface area contributed by atoms with Gasteiger partial charge in [-0.15, -0.1) is 0 Å². The van der Waals surface area contributed by atoms with Crippen molar-refractivity contribution in [2.75, 3.05) is 79.2 Å². The van der Waals surface area contributed by atoms with Crippen LogP contribution in [0.1, 0.15) is 45.4 Å². The van der Waals surface area contributed by atoms with Gasteiger partial charge in [0.1, 0.15) is 18.2 Å². The molecule has 0 aromatic heterocycles. The van der Waals surface area contributed by atoms with E-state index < -0.39 is 84.5 Å². The quantitative estimate of drug-likeness (QED) is 0.0142. The molecule has 388 valence electrons. The lowest BCUT2D eigenvalue weighted by Crippen LogP contribution is -2.42. The van der Waals surface area contributed by atoms with Crippen LogP contribution >= 0.6 is 46.9 Å². The largest absolute Gasteiger partial charge is 0.490 e. The molecule has 0 aromatic rings. The van der Waals surface area contributed by atoms with Crippen LogP contribution in [-0.2, 0) is 91.3 Å². The maximum Gasteiger partial charge on any atom is 0.490 e. The number of nitrogens with one attached hydrogen (secondary N) is 2. The van der Waals surface area contributed by atoms with Crippen molar-refractivity contribution in [2.24, 2.45) is 5.11 Å². The molecule has 1 fully saturated rings. The number of aliphatic hydroxyl groups excluding tert-OH is 1. The molecular weight excluding hydrogens is 1040 g/mol. The number of ether oxygens (including phenoxy) is 5. The van der Waals surface area contributed by atoms with E-state index >= 15 is 0 Å². The van der Waals surface area contributed by atoms with Crippen LogP contribution in [0.3, 0.4) is 0 Å². The average Bonchev–Trinajstić information content (AvgIpc) is 3.55. The zero-order chi connectivity index (χ0) is 50.4. The molecule has 0 saturated carbocycles. The van der Waals surface area contributed by atoms with Crippen LogP contribution in [0.4, 0.5) is 0 Å². The van der Waals surface area contributed by atoms with E-state index in [9.17, 15) is 71.4 Å². The summed E-state index contributed by atoms with van der Waals surface area (Å²) in [6.07, 6.45) is -1.17. The fourth-order valence-electron chi connectivity index (χ4n) is 5.01. The smallest absolute Gasteiger partial charge is 0.390 e. The monoisotopic (exact) mass is 1090 g/mol. The summed E-state index contributed by atoms with van der Waals surface area (Å²) in [6.45, 7) is 6.39. The molecule has 2 aliphatic heterocycles. The van der Waals surface area contributed by atoms with Crippen molar-refractivity contribution < 1.29 is 126 Å². The van der Waals surface area contributed by atoms with Crippen molar-refractivity contribution >= 4 is 58.8 Å². The van der Waals surface area contributed by atoms with Gasteiger partial charge in [0.25, 0.3) is 5.91 Å². The van der Waals surface area contributed by atoms with Gasteiger partial charge in [-0.25, -0.2) is 27.4 Å². The Balaban J connectivity index is 1.62. The van der Waals surface area contributed by atoms with Crippen LogP contribution in [0.5, 0.6) is 0 Å². The van der Waals surface area contributed by atoms with Gasteiger partial charge in [-0.2, -0.15) is 21.6 Å². The lowest BCUT2D eigenvalue weighted by molar-refractivity contribution is -0.122. The van der Waals surface area contributed by atoms with Crippen LogP contribution < -0.4 is 10.6 Å². The third-order valence-corrected chi connectivity index (χ3v) is 17.1. The first-order valence-electron chi connectivity index (χ1n) is 19.4. The predicted molar refractivity (Wildman–Crippen MR) is 222 cm³/mol. The molecule has 2 rings (SSSR count). The molecule has 6 unspecified atom stereocenters. The molecule has 9 N–H and O–H groups in total. The van der Waals surface area contributed by atoms with E-state index in [2.05, 4.69) is 57.8 Å². The van der Waals surface area contributed by atoms with Gasteiger partial charge in [-0.05, 0) is 25.3 Å². The molecule has 2 heterocycles. The van der Waals surface area contributed by atoms with E-state index in [0.717, 1.165) is 0 Å². The SMILES string of the molecule is C=C1NC(=O)C(C)=CN1[C@H]1C[C@@H](O)[C@@H](COP(=O)(O)OP(=O)(O)OP(=O)(O)OP(=O)(O)OP(=O)(O)OP(=O)(O)OCCCCCCNC(=O)CCOCCOCCOCCOCCN=[N+]=[N-])O1. The minimum atomic E-state index is -6.48. The Morgan fingerprint density at radius 2 is 1.25 bits per heavy atom. The van der Waals surface area contributed by atoms with Gasteiger partial charge in [-0.3, -0.25) is 18.6 Å². The summed E-state index contributed by atoms with van der Waals surface area (Å²) in [5.41, 5.74) is 8.39. The Kier molecular flexibility index (Phi) is 27.0. The number of carbonyl (C=O) groups excluding carboxylic acids is 2. The second-order valence-electron chi connectivity index (χ2n) is 13.3. The summed E-state index contributed by atoms with van der Waals surface area (Å²) in [7, 11) is -36.8. The zero-order valence-corrected chi connectivity index (χ0v) is 40.9. The highest BCUT2D eigenvalue weighted by Gasteiger charge is 2.50. The van der Waals surface area contributed by atoms with Crippen molar-refractivity contribution in [1.29, 1.82) is 0 Å². The van der Waals surface area contributed by atoms with Gasteiger partial charge >= 0.3 is 46.9 Å². The van der Waals surface area contributed by atoms with E-state index in [1.54, 1.807) is 0 Å². The first kappa shape index (κ1) is 61.3. The lowest BCUT2D eigenvalue weighted by Gasteiger charge is -2.32. The van der Waals surface area contributed by atoms with Gasteiger partial charge < -0.3 is 73.7 Å². The Morgan fingerprint density at radius 1 is 0.776 bits per heavy atom. The van der Waals surface area contributed by atoms with Crippen molar-refractivity contribution in [2.45, 2.75) is 63.9 Å². The topological polar surface area (TPSA) is 465 Å². The number of unbranched alkanes of at least 4 members (excludes halogenated alkanes) is 3. The molecule has 33 nitrogen and oxygen atoms in total. The number of rotatable bonds is 37. The second-order valence-corrected chi connectivity index (χ2v) is 22.7. The lowest BCUT2D eigenvalue weighted by atomic mass is 10.1. The molecule has 0 bridgehead atoms. The molecule has 1 saturated heterocycles. The molecule has 0 aromatic carbocycles. The number of phosphoric ester groups is 2. The highest BCUT2D eigenvalue weighted by atomic mass is 31.3. The summed E-state index contributed by atoms with van der Waals surface area (Å²) >= 11 is 0. The highest BCUT2D eigenvalue weighted by Crippen LogP contribution is 2.75. The third kappa shape index (κ3) is 27.4. The van der Waals surface area contributed by atoms with E-state index in [0.29, 0.717) is 52.3 Å². The molecule has 0 radical (unpaired) electrons. The van der Waals surface area contributed by atoms with Gasteiger partial charge in [0.05, 0.1) is 72.2 Å². The predicted octanol–water partition coefficient (Wildman–Crippen LogP) is 2.43. The minimum Gasteiger partial charge on any atom is -0.390 e. The van der Waals surface area contributed by atoms with Crippen LogP contribution in [-0.4, -0.2) is 149 Å². The Labute approximate surface area is 382 Å².